The highest BCUT2D eigenvalue weighted by molar-refractivity contribution is 7.45. The monoisotopic (exact) mass is 634 g/mol. The summed E-state index contributed by atoms with van der Waals surface area (Å²) >= 11 is 0. The number of methoxy groups -OCH3 is 1. The second kappa shape index (κ2) is 13.3. The van der Waals surface area contributed by atoms with Crippen molar-refractivity contribution in [2.75, 3.05) is 13.7 Å². The maximum absolute atomic E-state index is 11.5. The van der Waals surface area contributed by atoms with Gasteiger partial charge in [-0.15, -0.1) is 0 Å². The molecule has 1 unspecified atom stereocenters. The van der Waals surface area contributed by atoms with E-state index in [0.29, 0.717) is 17.7 Å². The summed E-state index contributed by atoms with van der Waals surface area (Å²) in [6, 6.07) is 23.3. The van der Waals surface area contributed by atoms with Crippen molar-refractivity contribution in [3.05, 3.63) is 85.3 Å². The van der Waals surface area contributed by atoms with Gasteiger partial charge in [0, 0.05) is 32.8 Å². The van der Waals surface area contributed by atoms with Gasteiger partial charge >= 0.3 is 0 Å². The summed E-state index contributed by atoms with van der Waals surface area (Å²) in [5, 5.41) is 5.56. The molecule has 44 heavy (non-hydrogen) atoms. The first-order valence-corrected chi connectivity index (χ1v) is 19.4. The van der Waals surface area contributed by atoms with Crippen molar-refractivity contribution in [3.63, 3.8) is 0 Å². The number of benzene rings is 2. The van der Waals surface area contributed by atoms with E-state index in [1.54, 1.807) is 13.2 Å². The van der Waals surface area contributed by atoms with Gasteiger partial charge in [0.2, 0.25) is 5.91 Å². The lowest BCUT2D eigenvalue weighted by Gasteiger charge is -2.33. The molecule has 0 radical (unpaired) electrons. The predicted molar refractivity (Wildman–Crippen MR) is 176 cm³/mol. The second-order valence-electron chi connectivity index (χ2n) is 12.1. The normalized spacial score (nSPS) is 30.5. The van der Waals surface area contributed by atoms with Gasteiger partial charge in [0.15, 0.2) is 6.23 Å². The van der Waals surface area contributed by atoms with Crippen molar-refractivity contribution >= 4 is 38.7 Å². The maximum atomic E-state index is 11.5. The molecule has 11 heteroatoms. The van der Waals surface area contributed by atoms with Crippen molar-refractivity contribution in [1.29, 1.82) is 0 Å². The van der Waals surface area contributed by atoms with Crippen LogP contribution in [0.15, 0.2) is 90.3 Å². The molecule has 6 rings (SSSR count). The summed E-state index contributed by atoms with van der Waals surface area (Å²) in [7, 11) is -1.71. The van der Waals surface area contributed by atoms with Crippen LogP contribution in [0, 0.1) is 0 Å². The molecule has 4 aliphatic rings. The highest BCUT2D eigenvalue weighted by atomic mass is 31.2. The number of nitrogens with one attached hydrogen (secondary N) is 1. The van der Waals surface area contributed by atoms with Crippen LogP contribution in [0.25, 0.3) is 0 Å². The van der Waals surface area contributed by atoms with Gasteiger partial charge in [0.25, 0.3) is 8.53 Å². The van der Waals surface area contributed by atoms with E-state index in [4.69, 9.17) is 18.5 Å². The van der Waals surface area contributed by atoms with E-state index in [-0.39, 0.29) is 24.2 Å². The zero-order chi connectivity index (χ0) is 30.8. The largest absolute Gasteiger partial charge is 0.374 e. The van der Waals surface area contributed by atoms with Crippen LogP contribution in [0.5, 0.6) is 0 Å². The average Bonchev–Trinajstić information content (AvgIpc) is 3.73. The molecule has 2 aromatic rings. The average molecular weight is 635 g/mol. The lowest BCUT2D eigenvalue weighted by Crippen LogP contribution is -2.58. The fraction of sp³-hybridized carbons (Fsp3) is 0.455. The number of amidine groups is 1. The quantitative estimate of drug-likeness (QED) is 0.325. The number of carbonyl (C=O) groups is 1. The number of aliphatic imine (C=N–C) groups is 1. The van der Waals surface area contributed by atoms with Crippen LogP contribution >= 0.6 is 8.53 Å². The number of hydrogen-bond acceptors (Lipinski definition) is 8. The third-order valence-electron chi connectivity index (χ3n) is 9.26. The zero-order valence-corrected chi connectivity index (χ0v) is 27.9. The first-order valence-electron chi connectivity index (χ1n) is 15.5. The molecule has 2 aromatic carbocycles. The Morgan fingerprint density at radius 1 is 1.11 bits per heavy atom. The second-order valence-corrected chi connectivity index (χ2v) is 17.7. The van der Waals surface area contributed by atoms with Crippen LogP contribution in [-0.4, -0.2) is 79.7 Å². The fourth-order valence-electron chi connectivity index (χ4n) is 6.98. The molecule has 3 fully saturated rings. The van der Waals surface area contributed by atoms with E-state index < -0.39 is 28.9 Å². The first-order chi connectivity index (χ1) is 21.3. The first kappa shape index (κ1) is 31.3. The Kier molecular flexibility index (Phi) is 9.49. The predicted octanol–water partition coefficient (Wildman–Crippen LogP) is 4.34. The number of hydrogen-bond donors (Lipinski definition) is 1. The summed E-state index contributed by atoms with van der Waals surface area (Å²) in [6.45, 7) is 11.1. The molecular weight excluding hydrogens is 591 g/mol. The minimum atomic E-state index is -2.11. The number of nitrogens with zero attached hydrogens (tertiary/aromatic N) is 3. The molecule has 7 atom stereocenters. The Morgan fingerprint density at radius 2 is 1.80 bits per heavy atom. The topological polar surface area (TPSA) is 84.9 Å². The molecule has 0 bridgehead atoms. The Labute approximate surface area is 262 Å². The summed E-state index contributed by atoms with van der Waals surface area (Å²) in [5.74, 6) is 0.724. The van der Waals surface area contributed by atoms with Crippen molar-refractivity contribution in [2.45, 2.75) is 82.4 Å². The van der Waals surface area contributed by atoms with Crippen LogP contribution in [0.1, 0.15) is 33.1 Å². The van der Waals surface area contributed by atoms with Crippen LogP contribution in [0.3, 0.4) is 0 Å². The van der Waals surface area contributed by atoms with E-state index in [1.807, 2.05) is 11.1 Å². The SMILES string of the molecule is C=C1N=C(NC(C)=O)C=CN1[C@@H]1O[C@H](CC)C(O[P@@]2O[C@H](C[Si](C)(c3ccccc3)c3ccccc3)[C@@H]3CCCN32)[C@@H]1OC. The number of amides is 1. The highest BCUT2D eigenvalue weighted by Gasteiger charge is 2.54. The third-order valence-corrected chi connectivity index (χ3v) is 15.5. The van der Waals surface area contributed by atoms with Crippen LogP contribution in [0.4, 0.5) is 0 Å². The van der Waals surface area contributed by atoms with E-state index in [9.17, 15) is 4.79 Å². The number of rotatable bonds is 9. The maximum Gasteiger partial charge on any atom is 0.259 e. The Balaban J connectivity index is 1.21. The van der Waals surface area contributed by atoms with Gasteiger partial charge in [-0.2, -0.15) is 0 Å². The third kappa shape index (κ3) is 6.09. The minimum absolute atomic E-state index is 0.0891. The summed E-state index contributed by atoms with van der Waals surface area (Å²) < 4.78 is 29.0. The number of ether oxygens (including phenoxy) is 2. The van der Waals surface area contributed by atoms with Crippen LogP contribution in [0.2, 0.25) is 12.6 Å². The summed E-state index contributed by atoms with van der Waals surface area (Å²) in [6.07, 6.45) is 5.29. The molecule has 1 amide bonds. The molecule has 3 saturated heterocycles. The van der Waals surface area contributed by atoms with E-state index in [0.717, 1.165) is 31.9 Å². The van der Waals surface area contributed by atoms with Gasteiger partial charge in [-0.25, -0.2) is 9.66 Å². The fourth-order valence-corrected chi connectivity index (χ4v) is 13.0. The minimum Gasteiger partial charge on any atom is -0.374 e. The molecule has 9 nitrogen and oxygen atoms in total. The molecule has 0 spiro atoms. The van der Waals surface area contributed by atoms with Gasteiger partial charge in [0.05, 0.1) is 12.2 Å². The molecule has 4 aliphatic heterocycles. The van der Waals surface area contributed by atoms with Crippen molar-refractivity contribution < 1.29 is 23.3 Å². The van der Waals surface area contributed by atoms with Gasteiger partial charge in [-0.05, 0) is 31.4 Å². The highest BCUT2D eigenvalue weighted by Crippen LogP contribution is 2.58. The van der Waals surface area contributed by atoms with Gasteiger partial charge in [-0.3, -0.25) is 4.79 Å². The van der Waals surface area contributed by atoms with Gasteiger partial charge < -0.3 is 28.7 Å². The van der Waals surface area contributed by atoms with Crippen LogP contribution in [-0.2, 0) is 23.3 Å². The Hall–Kier alpha value is -2.69. The van der Waals surface area contributed by atoms with Crippen LogP contribution < -0.4 is 15.7 Å². The van der Waals surface area contributed by atoms with Gasteiger partial charge in [0.1, 0.15) is 31.9 Å². The zero-order valence-electron chi connectivity index (χ0n) is 26.0. The number of carbonyl (C=O) groups excluding carboxylic acids is 1. The van der Waals surface area contributed by atoms with E-state index in [1.165, 1.54) is 17.3 Å². The van der Waals surface area contributed by atoms with E-state index >= 15 is 0 Å². The van der Waals surface area contributed by atoms with Gasteiger partial charge in [-0.1, -0.05) is 91.1 Å². The summed E-state index contributed by atoms with van der Waals surface area (Å²) in [4.78, 5) is 17.8. The van der Waals surface area contributed by atoms with Crippen molar-refractivity contribution in [1.82, 2.24) is 14.9 Å². The van der Waals surface area contributed by atoms with Crippen molar-refractivity contribution in [2.24, 2.45) is 4.99 Å². The standard InChI is InChI=1S/C33H43N4O5PSi/c1-6-28-31(32(39-4)33(40-28)36-21-19-30(34-23(36)2)35-24(3)38)42-43-37-20-13-18-27(37)29(41-43)22-44(5,25-14-9-7-10-15-25)26-16-11-8-12-17-26/h7-12,14-17,19,21,27-29,31-33H,2,6,13,18,20,22H2,1,3-5H3,(H,34,35,38)/t27-,28+,29+,31?,32-,33+,43+/m0/s1. The Morgan fingerprint density at radius 3 is 2.39 bits per heavy atom. The molecule has 234 valence electrons. The molecule has 4 heterocycles. The molecular formula is C33H43N4O5PSi. The van der Waals surface area contributed by atoms with Crippen molar-refractivity contribution in [3.8, 4) is 0 Å². The molecule has 0 aliphatic carbocycles. The molecule has 0 aromatic heterocycles. The lowest BCUT2D eigenvalue weighted by atomic mass is 10.1. The lowest BCUT2D eigenvalue weighted by molar-refractivity contribution is -0.117. The Bertz CT molecular complexity index is 1360. The van der Waals surface area contributed by atoms with E-state index in [2.05, 4.69) is 95.7 Å². The summed E-state index contributed by atoms with van der Waals surface area (Å²) in [5.41, 5.74) is 0. The smallest absolute Gasteiger partial charge is 0.259 e. The molecule has 0 saturated carbocycles. The number of fused-ring (bicyclic) bond motifs is 1. The molecule has 1 N–H and O–H groups in total.